The number of carbonyl (C=O) groups excluding carboxylic acids is 1. The number of primary amides is 1. The number of benzene rings is 1. The van der Waals surface area contributed by atoms with Gasteiger partial charge in [-0.3, -0.25) is 14.9 Å². The molecular formula is C19H20ClFN6O5S. The van der Waals surface area contributed by atoms with Gasteiger partial charge in [0.15, 0.2) is 11.6 Å². The quantitative estimate of drug-likeness (QED) is 0.280. The van der Waals surface area contributed by atoms with E-state index in [1.807, 2.05) is 0 Å². The first-order valence-electron chi connectivity index (χ1n) is 10.0. The number of hydrogen-bond acceptors (Lipinski definition) is 8. The molecule has 1 aromatic carbocycles. The predicted octanol–water partition coefficient (Wildman–Crippen LogP) is 1.59. The Hall–Kier alpha value is -2.90. The minimum atomic E-state index is -3.87. The third kappa shape index (κ3) is 4.89. The van der Waals surface area contributed by atoms with Crippen LogP contribution in [0.2, 0.25) is 5.28 Å². The summed E-state index contributed by atoms with van der Waals surface area (Å²) in [6.45, 7) is 0. The highest BCUT2D eigenvalue weighted by Gasteiger charge is 2.55. The van der Waals surface area contributed by atoms with Crippen molar-refractivity contribution in [2.75, 3.05) is 5.32 Å². The van der Waals surface area contributed by atoms with Crippen molar-refractivity contribution < 1.29 is 22.5 Å². The highest BCUT2D eigenvalue weighted by Crippen LogP contribution is 2.50. The van der Waals surface area contributed by atoms with Crippen molar-refractivity contribution in [3.63, 3.8) is 0 Å². The summed E-state index contributed by atoms with van der Waals surface area (Å²) in [5, 5.41) is 13.6. The van der Waals surface area contributed by atoms with Gasteiger partial charge in [-0.25, -0.2) is 22.5 Å². The molecule has 1 aromatic heterocycles. The van der Waals surface area contributed by atoms with Gasteiger partial charge in [0.25, 0.3) is 5.69 Å². The Bertz CT molecular complexity index is 1210. The summed E-state index contributed by atoms with van der Waals surface area (Å²) in [5.74, 6) is -3.18. The molecule has 11 nitrogen and oxygen atoms in total. The number of nitrogens with two attached hydrogens (primary N) is 1. The van der Waals surface area contributed by atoms with E-state index in [1.165, 1.54) is 24.3 Å². The number of aromatic nitrogens is 2. The second-order valence-electron chi connectivity index (χ2n) is 8.24. The number of nitrogens with one attached hydrogen (secondary N) is 2. The lowest BCUT2D eigenvalue weighted by Crippen LogP contribution is -2.51. The number of fused-ring (bicyclic) bond motifs is 2. The highest BCUT2D eigenvalue weighted by atomic mass is 35.5. The van der Waals surface area contributed by atoms with Crippen molar-refractivity contribution in [1.29, 1.82) is 0 Å². The monoisotopic (exact) mass is 498 g/mol. The minimum absolute atomic E-state index is 0.188. The van der Waals surface area contributed by atoms with Gasteiger partial charge in [-0.05, 0) is 41.8 Å². The summed E-state index contributed by atoms with van der Waals surface area (Å²) >= 11 is 5.75. The molecule has 0 radical (unpaired) electrons. The highest BCUT2D eigenvalue weighted by molar-refractivity contribution is 7.88. The number of amides is 1. The fraction of sp³-hybridized carbons (Fsp3) is 0.421. The molecule has 2 aromatic rings. The van der Waals surface area contributed by atoms with Gasteiger partial charge in [-0.15, -0.1) is 0 Å². The number of carbonyl (C=O) groups is 1. The molecule has 2 aliphatic rings. The lowest BCUT2D eigenvalue weighted by molar-refractivity contribution is -0.384. The first-order valence-corrected chi connectivity index (χ1v) is 12.0. The molecule has 2 fully saturated rings. The maximum Gasteiger partial charge on any atom is 0.269 e. The molecule has 0 spiro atoms. The molecule has 5 atom stereocenters. The van der Waals surface area contributed by atoms with Crippen LogP contribution in [0.15, 0.2) is 30.5 Å². The van der Waals surface area contributed by atoms with Crippen LogP contribution in [-0.2, 0) is 20.6 Å². The molecule has 2 bridgehead atoms. The summed E-state index contributed by atoms with van der Waals surface area (Å²) in [6, 6.07) is 4.19. The first-order chi connectivity index (χ1) is 15.5. The van der Waals surface area contributed by atoms with E-state index in [0.717, 1.165) is 6.20 Å². The Balaban J connectivity index is 1.52. The Labute approximate surface area is 193 Å². The van der Waals surface area contributed by atoms with E-state index in [1.54, 1.807) is 0 Å². The third-order valence-corrected chi connectivity index (χ3v) is 7.72. The van der Waals surface area contributed by atoms with E-state index in [9.17, 15) is 27.7 Å². The number of non-ortho nitro benzene ring substituents is 1. The minimum Gasteiger partial charge on any atom is -0.369 e. The van der Waals surface area contributed by atoms with Gasteiger partial charge in [-0.2, -0.15) is 4.98 Å². The lowest BCUT2D eigenvalue weighted by atomic mass is 9.81. The third-order valence-electron chi connectivity index (χ3n) is 6.16. The largest absolute Gasteiger partial charge is 0.369 e. The van der Waals surface area contributed by atoms with Crippen LogP contribution in [0, 0.1) is 33.7 Å². The van der Waals surface area contributed by atoms with Crippen LogP contribution in [0.3, 0.4) is 0 Å². The second-order valence-corrected chi connectivity index (χ2v) is 10.3. The zero-order chi connectivity index (χ0) is 23.9. The maximum absolute atomic E-state index is 14.2. The van der Waals surface area contributed by atoms with Crippen molar-refractivity contribution in [2.24, 2.45) is 23.5 Å². The second kappa shape index (κ2) is 8.80. The molecule has 0 unspecified atom stereocenters. The summed E-state index contributed by atoms with van der Waals surface area (Å²) in [5.41, 5.74) is 5.64. The summed E-state index contributed by atoms with van der Waals surface area (Å²) < 4.78 is 42.4. The number of nitrogens with zero attached hydrogens (tertiary/aromatic N) is 3. The molecule has 0 aliphatic heterocycles. The van der Waals surface area contributed by atoms with E-state index in [0.29, 0.717) is 12.8 Å². The smallest absolute Gasteiger partial charge is 0.269 e. The number of sulfonamides is 1. The van der Waals surface area contributed by atoms with Crippen LogP contribution in [0.1, 0.15) is 18.4 Å². The van der Waals surface area contributed by atoms with Crippen LogP contribution >= 0.6 is 11.6 Å². The lowest BCUT2D eigenvalue weighted by Gasteiger charge is -2.35. The normalized spacial score (nSPS) is 26.3. The van der Waals surface area contributed by atoms with Gasteiger partial charge in [0.05, 0.1) is 22.8 Å². The number of anilines is 1. The van der Waals surface area contributed by atoms with E-state index < -0.39 is 50.4 Å². The zero-order valence-corrected chi connectivity index (χ0v) is 18.6. The molecular weight excluding hydrogens is 479 g/mol. The fourth-order valence-electron chi connectivity index (χ4n) is 4.96. The fourth-order valence-corrected chi connectivity index (χ4v) is 6.53. The Kier molecular flexibility index (Phi) is 6.20. The van der Waals surface area contributed by atoms with Gasteiger partial charge in [0.2, 0.25) is 21.2 Å². The Morgan fingerprint density at radius 3 is 2.82 bits per heavy atom. The summed E-state index contributed by atoms with van der Waals surface area (Å²) in [6.07, 6.45) is 1.79. The van der Waals surface area contributed by atoms with E-state index in [2.05, 4.69) is 20.0 Å². The van der Waals surface area contributed by atoms with Gasteiger partial charge in [-0.1, -0.05) is 12.1 Å². The van der Waals surface area contributed by atoms with Gasteiger partial charge in [0, 0.05) is 24.2 Å². The SMILES string of the molecule is NC(=O)[C@H]1[C@H]2C[C@@H]([C@H]1Nc1nc(Cl)ncc1F)[C@H](NS(=O)(=O)Cc1cccc([N+](=O)[O-])c1)C2. The van der Waals surface area contributed by atoms with Crippen LogP contribution in [0.5, 0.6) is 0 Å². The number of nitro groups is 1. The standard InChI is InChI=1S/C19H20ClFN6O5S/c20-19-23-7-13(21)18(25-19)24-16-12-5-10(15(16)17(22)28)6-14(12)26-33(31,32)8-9-2-1-3-11(4-9)27(29)30/h1-4,7,10,12,14-16,26H,5-6,8H2,(H2,22,28)(H,23,24,25)/t10-,12+,14+,15-,16+/m0/s1. The topological polar surface area (TPSA) is 170 Å². The van der Waals surface area contributed by atoms with E-state index in [-0.39, 0.29) is 34.2 Å². The molecule has 176 valence electrons. The maximum atomic E-state index is 14.2. The molecule has 4 rings (SSSR count). The Morgan fingerprint density at radius 1 is 1.36 bits per heavy atom. The molecule has 4 N–H and O–H groups in total. The van der Waals surface area contributed by atoms with Crippen molar-refractivity contribution in [3.05, 3.63) is 57.2 Å². The number of rotatable bonds is 8. The number of halogens is 2. The van der Waals surface area contributed by atoms with Gasteiger partial charge in [0.1, 0.15) is 0 Å². The predicted molar refractivity (Wildman–Crippen MR) is 116 cm³/mol. The number of nitro benzene ring substituents is 1. The van der Waals surface area contributed by atoms with Crippen molar-refractivity contribution in [2.45, 2.75) is 30.7 Å². The van der Waals surface area contributed by atoms with Crippen LogP contribution in [0.25, 0.3) is 0 Å². The van der Waals surface area contributed by atoms with E-state index >= 15 is 0 Å². The van der Waals surface area contributed by atoms with Gasteiger partial charge >= 0.3 is 0 Å². The van der Waals surface area contributed by atoms with Crippen LogP contribution in [-0.4, -0.2) is 41.3 Å². The average molecular weight is 499 g/mol. The van der Waals surface area contributed by atoms with Crippen LogP contribution < -0.4 is 15.8 Å². The molecule has 2 saturated carbocycles. The van der Waals surface area contributed by atoms with Crippen molar-refractivity contribution >= 4 is 39.0 Å². The molecule has 1 amide bonds. The first kappa shape index (κ1) is 23.3. The van der Waals surface area contributed by atoms with Gasteiger partial charge < -0.3 is 11.1 Å². The zero-order valence-electron chi connectivity index (χ0n) is 17.0. The van der Waals surface area contributed by atoms with E-state index in [4.69, 9.17) is 17.3 Å². The average Bonchev–Trinajstić information content (AvgIpc) is 3.27. The summed E-state index contributed by atoms with van der Waals surface area (Å²) in [7, 11) is -3.87. The molecule has 2 aliphatic carbocycles. The molecule has 0 saturated heterocycles. The molecule has 1 heterocycles. The molecule has 33 heavy (non-hydrogen) atoms. The Morgan fingerprint density at radius 2 is 2.12 bits per heavy atom. The number of hydrogen-bond donors (Lipinski definition) is 3. The van der Waals surface area contributed by atoms with Crippen LogP contribution in [0.4, 0.5) is 15.9 Å². The van der Waals surface area contributed by atoms with Crippen molar-refractivity contribution in [3.8, 4) is 0 Å². The summed E-state index contributed by atoms with van der Waals surface area (Å²) in [4.78, 5) is 29.8. The van der Waals surface area contributed by atoms with Crippen molar-refractivity contribution in [1.82, 2.24) is 14.7 Å². The molecule has 14 heteroatoms.